The van der Waals surface area contributed by atoms with Crippen LogP contribution >= 0.6 is 0 Å². The van der Waals surface area contributed by atoms with Gasteiger partial charge in [-0.2, -0.15) is 0 Å². The number of imidazole rings is 1. The third kappa shape index (κ3) is 4.86. The molecule has 4 heterocycles. The molecule has 0 atom stereocenters. The van der Waals surface area contributed by atoms with Gasteiger partial charge in [0.25, 0.3) is 0 Å². The maximum atomic E-state index is 14.9. The molecule has 0 aliphatic carbocycles. The fraction of sp³-hybridized carbons (Fsp3) is 0.346. The molecule has 4 aromatic rings. The molecule has 1 aliphatic rings. The van der Waals surface area contributed by atoms with E-state index in [0.29, 0.717) is 43.1 Å². The molecule has 1 saturated heterocycles. The van der Waals surface area contributed by atoms with E-state index in [0.717, 1.165) is 11.9 Å². The molecule has 38 heavy (non-hydrogen) atoms. The zero-order valence-corrected chi connectivity index (χ0v) is 21.2. The zero-order chi connectivity index (χ0) is 27.0. The summed E-state index contributed by atoms with van der Waals surface area (Å²) in [5, 5.41) is 11.8. The molecule has 1 aliphatic heterocycles. The van der Waals surface area contributed by atoms with Gasteiger partial charge in [0.15, 0.2) is 11.6 Å². The van der Waals surface area contributed by atoms with Crippen LogP contribution in [0.25, 0.3) is 22.3 Å². The van der Waals surface area contributed by atoms with Crippen LogP contribution in [0.2, 0.25) is 0 Å². The summed E-state index contributed by atoms with van der Waals surface area (Å²) in [6.07, 6.45) is 3.99. The number of nitrogens with one attached hydrogen (secondary N) is 2. The van der Waals surface area contributed by atoms with Gasteiger partial charge >= 0.3 is 0 Å². The van der Waals surface area contributed by atoms with Crippen molar-refractivity contribution in [3.63, 3.8) is 0 Å². The van der Waals surface area contributed by atoms with Crippen molar-refractivity contribution in [1.29, 1.82) is 0 Å². The molecule has 3 N–H and O–H groups in total. The fourth-order valence-electron chi connectivity index (χ4n) is 4.94. The zero-order valence-electron chi connectivity index (χ0n) is 21.2. The summed E-state index contributed by atoms with van der Waals surface area (Å²) in [4.78, 5) is 30.8. The van der Waals surface area contributed by atoms with Gasteiger partial charge in [-0.1, -0.05) is 0 Å². The van der Waals surface area contributed by atoms with Crippen LogP contribution in [0.3, 0.4) is 0 Å². The summed E-state index contributed by atoms with van der Waals surface area (Å²) in [5.74, 6) is -0.550. The van der Waals surface area contributed by atoms with Gasteiger partial charge in [-0.3, -0.25) is 10.0 Å². The number of halogens is 2. The van der Waals surface area contributed by atoms with Crippen LogP contribution in [0.15, 0.2) is 36.7 Å². The molecule has 198 valence electrons. The van der Waals surface area contributed by atoms with Gasteiger partial charge in [-0.25, -0.2) is 34.2 Å². The number of carbonyl (C=O) groups excluding carboxylic acids is 1. The number of nitrogens with zero attached hydrogens (tertiary/aromatic N) is 6. The van der Waals surface area contributed by atoms with E-state index in [1.54, 1.807) is 23.8 Å². The first kappa shape index (κ1) is 25.5. The third-order valence-electron chi connectivity index (χ3n) is 6.79. The minimum atomic E-state index is -0.678. The van der Waals surface area contributed by atoms with Crippen LogP contribution < -0.4 is 15.7 Å². The van der Waals surface area contributed by atoms with Gasteiger partial charge in [0.2, 0.25) is 11.9 Å². The van der Waals surface area contributed by atoms with E-state index in [4.69, 9.17) is 5.21 Å². The predicted octanol–water partition coefficient (Wildman–Crippen LogP) is 4.52. The SMILES string of the molecule is Cc1nc2c(F)cc(-c3nc(Nc4ccc(N5CCC(C(=O)NO)CC5)cn4)ncc3F)cc2n1C(C)C. The fourth-order valence-corrected chi connectivity index (χ4v) is 4.94. The average molecular weight is 523 g/mol. The van der Waals surface area contributed by atoms with E-state index in [-0.39, 0.29) is 40.6 Å². The lowest BCUT2D eigenvalue weighted by atomic mass is 9.96. The number of carbonyl (C=O) groups is 1. The van der Waals surface area contributed by atoms with Crippen molar-refractivity contribution in [2.24, 2.45) is 5.92 Å². The Labute approximate surface area is 217 Å². The number of aromatic nitrogens is 5. The summed E-state index contributed by atoms with van der Waals surface area (Å²) in [5.41, 5.74) is 3.65. The highest BCUT2D eigenvalue weighted by Crippen LogP contribution is 2.31. The lowest BCUT2D eigenvalue weighted by Crippen LogP contribution is -2.39. The van der Waals surface area contributed by atoms with Crippen LogP contribution in [0.4, 0.5) is 26.2 Å². The van der Waals surface area contributed by atoms with Crippen LogP contribution in [0.5, 0.6) is 0 Å². The number of anilines is 3. The Bertz CT molecular complexity index is 1480. The highest BCUT2D eigenvalue weighted by Gasteiger charge is 2.25. The van der Waals surface area contributed by atoms with Crippen molar-refractivity contribution in [1.82, 2.24) is 30.0 Å². The second kappa shape index (κ2) is 10.3. The van der Waals surface area contributed by atoms with Crippen molar-refractivity contribution < 1.29 is 18.8 Å². The number of benzene rings is 1. The van der Waals surface area contributed by atoms with Gasteiger partial charge in [0.1, 0.15) is 22.9 Å². The summed E-state index contributed by atoms with van der Waals surface area (Å²) in [6.45, 7) is 7.08. The van der Waals surface area contributed by atoms with E-state index in [1.165, 1.54) is 6.07 Å². The quantitative estimate of drug-likeness (QED) is 0.250. The van der Waals surface area contributed by atoms with Crippen LogP contribution in [0.1, 0.15) is 38.6 Å². The molecule has 0 bridgehead atoms. The molecule has 0 spiro atoms. The maximum absolute atomic E-state index is 14.9. The molecule has 12 heteroatoms. The Hall–Kier alpha value is -4.19. The molecule has 1 amide bonds. The molecule has 1 aromatic carbocycles. The second-order valence-corrected chi connectivity index (χ2v) is 9.60. The number of hydroxylamine groups is 1. The summed E-state index contributed by atoms with van der Waals surface area (Å²) in [6, 6.07) is 6.60. The van der Waals surface area contributed by atoms with Crippen LogP contribution in [-0.2, 0) is 4.79 Å². The highest BCUT2D eigenvalue weighted by atomic mass is 19.1. The number of aryl methyl sites for hydroxylation is 1. The molecule has 0 radical (unpaired) electrons. The van der Waals surface area contributed by atoms with Gasteiger partial charge in [0, 0.05) is 30.6 Å². The first-order valence-electron chi connectivity index (χ1n) is 12.4. The Morgan fingerprint density at radius 1 is 1.08 bits per heavy atom. The van der Waals surface area contributed by atoms with Gasteiger partial charge in [-0.15, -0.1) is 0 Å². The monoisotopic (exact) mass is 522 g/mol. The first-order valence-corrected chi connectivity index (χ1v) is 12.4. The van der Waals surface area contributed by atoms with E-state index in [2.05, 4.69) is 30.2 Å². The van der Waals surface area contributed by atoms with Crippen molar-refractivity contribution >= 4 is 34.4 Å². The molecule has 10 nitrogen and oxygen atoms in total. The lowest BCUT2D eigenvalue weighted by Gasteiger charge is -2.32. The van der Waals surface area contributed by atoms with Crippen LogP contribution in [0, 0.1) is 24.5 Å². The highest BCUT2D eigenvalue weighted by molar-refractivity contribution is 5.83. The van der Waals surface area contributed by atoms with E-state index in [1.807, 2.05) is 31.4 Å². The number of rotatable bonds is 6. The second-order valence-electron chi connectivity index (χ2n) is 9.60. The number of pyridine rings is 1. The van der Waals surface area contributed by atoms with Crippen molar-refractivity contribution in [2.75, 3.05) is 23.3 Å². The Balaban J connectivity index is 1.36. The molecule has 5 rings (SSSR count). The topological polar surface area (TPSA) is 121 Å². The van der Waals surface area contributed by atoms with E-state index < -0.39 is 11.6 Å². The first-order chi connectivity index (χ1) is 18.2. The number of hydrogen-bond donors (Lipinski definition) is 3. The lowest BCUT2D eigenvalue weighted by molar-refractivity contribution is -0.134. The normalized spacial score (nSPS) is 14.3. The minimum Gasteiger partial charge on any atom is -0.370 e. The van der Waals surface area contributed by atoms with Crippen molar-refractivity contribution in [2.45, 2.75) is 39.7 Å². The summed E-state index contributed by atoms with van der Waals surface area (Å²) in [7, 11) is 0. The molecular formula is C26H28F2N8O2. The number of hydrogen-bond acceptors (Lipinski definition) is 8. The largest absolute Gasteiger partial charge is 0.370 e. The van der Waals surface area contributed by atoms with Gasteiger partial charge in [0.05, 0.1) is 23.6 Å². The molecule has 3 aromatic heterocycles. The number of piperidine rings is 1. The molecule has 1 fully saturated rings. The van der Waals surface area contributed by atoms with Crippen LogP contribution in [-0.4, -0.2) is 48.7 Å². The molecule has 0 unspecified atom stereocenters. The maximum Gasteiger partial charge on any atom is 0.246 e. The smallest absolute Gasteiger partial charge is 0.246 e. The molecular weight excluding hydrogens is 494 g/mol. The van der Waals surface area contributed by atoms with E-state index >= 15 is 0 Å². The number of fused-ring (bicyclic) bond motifs is 1. The standard InChI is InChI=1S/C26H28F2N8O2/c1-14(2)36-15(3)31-24-19(27)10-17(11-21(24)36)23-20(28)13-30-26(33-23)32-22-5-4-18(12-29-22)35-8-6-16(7-9-35)25(37)34-38/h4-5,10-14,16,38H,6-9H2,1-3H3,(H,34,37)(H,29,30,32,33). The Morgan fingerprint density at radius 2 is 1.84 bits per heavy atom. The van der Waals surface area contributed by atoms with Gasteiger partial charge in [-0.05, 0) is 57.9 Å². The van der Waals surface area contributed by atoms with Gasteiger partial charge < -0.3 is 14.8 Å². The van der Waals surface area contributed by atoms with Crippen molar-refractivity contribution in [3.05, 3.63) is 54.1 Å². The summed E-state index contributed by atoms with van der Waals surface area (Å²) < 4.78 is 31.6. The third-order valence-corrected chi connectivity index (χ3v) is 6.79. The minimum absolute atomic E-state index is 0.0381. The number of amides is 1. The summed E-state index contributed by atoms with van der Waals surface area (Å²) >= 11 is 0. The van der Waals surface area contributed by atoms with E-state index in [9.17, 15) is 13.6 Å². The Kier molecular flexibility index (Phi) is 6.89. The molecule has 0 saturated carbocycles. The average Bonchev–Trinajstić information content (AvgIpc) is 3.26. The predicted molar refractivity (Wildman–Crippen MR) is 138 cm³/mol. The Morgan fingerprint density at radius 3 is 2.50 bits per heavy atom. The van der Waals surface area contributed by atoms with Crippen molar-refractivity contribution in [3.8, 4) is 11.3 Å².